The lowest BCUT2D eigenvalue weighted by Gasteiger charge is -2.40. The number of esters is 2. The average Bonchev–Trinajstić information content (AvgIpc) is 3.43. The van der Waals surface area contributed by atoms with Crippen LogP contribution >= 0.6 is 0 Å². The summed E-state index contributed by atoms with van der Waals surface area (Å²) in [6.45, 7) is 15.2. The average molecular weight is 697 g/mol. The Balaban J connectivity index is 0.000000266. The summed E-state index contributed by atoms with van der Waals surface area (Å²) in [5, 5.41) is 0. The zero-order valence-electron chi connectivity index (χ0n) is 30.7. The smallest absolute Gasteiger partial charge is 0.334 e. The van der Waals surface area contributed by atoms with E-state index < -0.39 is 8.07 Å². The molecule has 274 valence electrons. The minimum atomic E-state index is -1.07. The van der Waals surface area contributed by atoms with Crippen LogP contribution in [0.25, 0.3) is 0 Å². The lowest BCUT2D eigenvalue weighted by Crippen LogP contribution is -2.52. The molecule has 0 bridgehead atoms. The zero-order chi connectivity index (χ0) is 35.2. The predicted octanol–water partition coefficient (Wildman–Crippen LogP) is 5.64. The number of hydrogen-bond acceptors (Lipinski definition) is 9. The Morgan fingerprint density at radius 3 is 2.06 bits per heavy atom. The predicted molar refractivity (Wildman–Crippen MR) is 203 cm³/mol. The van der Waals surface area contributed by atoms with Crippen molar-refractivity contribution >= 4 is 20.0 Å². The number of carbonyl (C=O) groups excluding carboxylic acids is 2. The third-order valence-corrected chi connectivity index (χ3v) is 10.5. The van der Waals surface area contributed by atoms with E-state index in [0.29, 0.717) is 12.5 Å². The lowest BCUT2D eigenvalue weighted by atomic mass is 9.73. The number of rotatable bonds is 10. The fourth-order valence-electron chi connectivity index (χ4n) is 7.04. The van der Waals surface area contributed by atoms with E-state index in [1.54, 1.807) is 7.11 Å². The van der Waals surface area contributed by atoms with Crippen LogP contribution in [-0.4, -0.2) is 127 Å². The van der Waals surface area contributed by atoms with Gasteiger partial charge in [0.15, 0.2) is 0 Å². The molecule has 0 aromatic heterocycles. The third kappa shape index (κ3) is 13.8. The van der Waals surface area contributed by atoms with Crippen LogP contribution in [-0.2, 0) is 36.9 Å². The molecule has 3 aliphatic rings. The summed E-state index contributed by atoms with van der Waals surface area (Å²) in [6, 6.07) is 21.1. The Morgan fingerprint density at radius 2 is 1.51 bits per heavy atom. The van der Waals surface area contributed by atoms with E-state index in [0.717, 1.165) is 71.0 Å². The molecule has 2 saturated heterocycles. The van der Waals surface area contributed by atoms with Crippen molar-refractivity contribution in [1.29, 1.82) is 0 Å². The number of likely N-dealkylation sites (N-methyl/N-ethyl adjacent to an activating group) is 1. The molecule has 9 nitrogen and oxygen atoms in total. The van der Waals surface area contributed by atoms with Crippen molar-refractivity contribution in [2.24, 2.45) is 11.3 Å². The normalized spacial score (nSPS) is 21.2. The van der Waals surface area contributed by atoms with Gasteiger partial charge in [0, 0.05) is 58.5 Å². The van der Waals surface area contributed by atoms with Gasteiger partial charge in [0.05, 0.1) is 34.4 Å². The Bertz CT molecular complexity index is 1290. The van der Waals surface area contributed by atoms with Gasteiger partial charge in [0.1, 0.15) is 0 Å². The maximum atomic E-state index is 12.4. The summed E-state index contributed by atoms with van der Waals surface area (Å²) in [5.41, 5.74) is 3.11. The molecule has 2 unspecified atom stereocenters. The van der Waals surface area contributed by atoms with Gasteiger partial charge < -0.3 is 24.0 Å². The molecule has 3 aliphatic heterocycles. The Labute approximate surface area is 298 Å². The number of piperidine rings is 1. The summed E-state index contributed by atoms with van der Waals surface area (Å²) in [6.07, 6.45) is 5.15. The van der Waals surface area contributed by atoms with Gasteiger partial charge in [-0.15, -0.1) is 0 Å². The molecule has 0 amide bonds. The molecule has 0 radical (unpaired) electrons. The van der Waals surface area contributed by atoms with Gasteiger partial charge in [-0.3, -0.25) is 14.6 Å². The molecule has 0 N–H and O–H groups in total. The molecular weight excluding hydrogens is 633 g/mol. The quantitative estimate of drug-likeness (QED) is 0.178. The fourth-order valence-corrected chi connectivity index (χ4v) is 8.58. The number of carbonyl (C=O) groups is 2. The zero-order valence-corrected chi connectivity index (χ0v) is 31.7. The molecule has 2 aromatic carbocycles. The molecule has 2 aromatic rings. The van der Waals surface area contributed by atoms with Crippen LogP contribution in [0.4, 0.5) is 0 Å². The number of methoxy groups -OCH3 is 3. The first-order valence-electron chi connectivity index (χ1n) is 17.1. The molecule has 2 fully saturated rings. The maximum absolute atomic E-state index is 12.4. The van der Waals surface area contributed by atoms with Crippen LogP contribution in [0.5, 0.6) is 0 Å². The van der Waals surface area contributed by atoms with Crippen LogP contribution in [0.3, 0.4) is 0 Å². The van der Waals surface area contributed by atoms with E-state index in [2.05, 4.69) is 106 Å². The van der Waals surface area contributed by atoms with Crippen molar-refractivity contribution in [2.45, 2.75) is 53.0 Å². The summed E-state index contributed by atoms with van der Waals surface area (Å²) in [7, 11) is 7.73. The summed E-state index contributed by atoms with van der Waals surface area (Å²) in [5.74, 6) is 0.191. The minimum absolute atomic E-state index is 0. The van der Waals surface area contributed by atoms with E-state index >= 15 is 0 Å². The Kier molecular flexibility index (Phi) is 17.9. The van der Waals surface area contributed by atoms with Crippen molar-refractivity contribution < 1.29 is 23.8 Å². The molecule has 0 aliphatic carbocycles. The minimum Gasteiger partial charge on any atom is -0.469 e. The van der Waals surface area contributed by atoms with Gasteiger partial charge in [-0.25, -0.2) is 4.79 Å². The van der Waals surface area contributed by atoms with Gasteiger partial charge in [-0.05, 0) is 56.7 Å². The third-order valence-electron chi connectivity index (χ3n) is 9.07. The molecule has 5 rings (SSSR count). The number of benzene rings is 2. The van der Waals surface area contributed by atoms with E-state index in [1.165, 1.54) is 31.5 Å². The van der Waals surface area contributed by atoms with Crippen molar-refractivity contribution in [3.05, 3.63) is 83.4 Å². The van der Waals surface area contributed by atoms with E-state index in [4.69, 9.17) is 9.47 Å². The Morgan fingerprint density at radius 1 is 0.878 bits per heavy atom. The second-order valence-electron chi connectivity index (χ2n) is 14.7. The SMILES string of the molecule is C.COC(=O)C12CN(C)CCC1CN(Cc1ccccc1)C2.COC(=O)C1=CCCN(C)C1.COCN(Cc1ccccc1)C[Si](C)(C)C. The van der Waals surface area contributed by atoms with Crippen LogP contribution in [0, 0.1) is 11.3 Å². The standard InChI is InChI=1S/C17H24N2O2.C13H23NOSi.C8H13NO2.CH4/c1-18-9-8-15-11-19(10-14-6-4-3-5-7-14)13-17(15,12-18)16(20)21-2;1-15-11-14(12-16(2,3)4)10-13-8-6-5-7-9-13;1-9-5-3-4-7(6-9)8(10)11-2;/h3-7,15H,8-13H2,1-2H3;5-9H,10-12H2,1-4H3;4H,3,5-6H2,1-2H3;1H4. The fraction of sp³-hybridized carbons (Fsp3) is 0.590. The molecule has 10 heteroatoms. The first-order valence-corrected chi connectivity index (χ1v) is 20.8. The molecule has 49 heavy (non-hydrogen) atoms. The highest BCUT2D eigenvalue weighted by Crippen LogP contribution is 2.43. The molecular formula is C39H64N4O5Si. The van der Waals surface area contributed by atoms with Crippen molar-refractivity contribution in [2.75, 3.05) is 87.6 Å². The van der Waals surface area contributed by atoms with Crippen LogP contribution in [0.2, 0.25) is 19.6 Å². The highest BCUT2D eigenvalue weighted by molar-refractivity contribution is 6.76. The number of fused-ring (bicyclic) bond motifs is 1. The van der Waals surface area contributed by atoms with Gasteiger partial charge in [-0.1, -0.05) is 93.8 Å². The number of hydrogen-bond donors (Lipinski definition) is 0. The molecule has 2 atom stereocenters. The van der Waals surface area contributed by atoms with E-state index in [9.17, 15) is 9.59 Å². The summed E-state index contributed by atoms with van der Waals surface area (Å²) < 4.78 is 15.0. The Hall–Kier alpha value is -2.86. The lowest BCUT2D eigenvalue weighted by molar-refractivity contribution is -0.157. The summed E-state index contributed by atoms with van der Waals surface area (Å²) >= 11 is 0. The highest BCUT2D eigenvalue weighted by atomic mass is 28.3. The number of likely N-dealkylation sites (tertiary alicyclic amines) is 2. The molecule has 0 saturated carbocycles. The topological polar surface area (TPSA) is 74.8 Å². The van der Waals surface area contributed by atoms with E-state index in [1.807, 2.05) is 19.2 Å². The number of ether oxygens (including phenoxy) is 3. The van der Waals surface area contributed by atoms with Crippen molar-refractivity contribution in [3.63, 3.8) is 0 Å². The van der Waals surface area contributed by atoms with Gasteiger partial charge in [0.2, 0.25) is 0 Å². The van der Waals surface area contributed by atoms with Crippen LogP contribution in [0.1, 0.15) is 31.4 Å². The molecule has 0 spiro atoms. The summed E-state index contributed by atoms with van der Waals surface area (Å²) in [4.78, 5) is 32.6. The van der Waals surface area contributed by atoms with Crippen molar-refractivity contribution in [1.82, 2.24) is 19.6 Å². The van der Waals surface area contributed by atoms with Gasteiger partial charge in [-0.2, -0.15) is 0 Å². The van der Waals surface area contributed by atoms with Crippen molar-refractivity contribution in [3.8, 4) is 0 Å². The first kappa shape index (κ1) is 42.3. The second kappa shape index (κ2) is 20.7. The highest BCUT2D eigenvalue weighted by Gasteiger charge is 2.54. The van der Waals surface area contributed by atoms with Crippen LogP contribution < -0.4 is 0 Å². The largest absolute Gasteiger partial charge is 0.469 e. The maximum Gasteiger partial charge on any atom is 0.334 e. The van der Waals surface area contributed by atoms with E-state index in [-0.39, 0.29) is 24.8 Å². The number of nitrogens with zero attached hydrogens (tertiary/aromatic N) is 4. The monoisotopic (exact) mass is 696 g/mol. The van der Waals surface area contributed by atoms with Gasteiger partial charge >= 0.3 is 11.9 Å². The second-order valence-corrected chi connectivity index (χ2v) is 20.2. The molecule has 3 heterocycles. The first-order chi connectivity index (χ1) is 22.9. The van der Waals surface area contributed by atoms with Crippen LogP contribution in [0.15, 0.2) is 72.3 Å². The van der Waals surface area contributed by atoms with Gasteiger partial charge in [0.25, 0.3) is 0 Å².